The van der Waals surface area contributed by atoms with E-state index in [4.69, 9.17) is 4.74 Å². The molecule has 2 atom stereocenters. The van der Waals surface area contributed by atoms with Crippen LogP contribution in [0.3, 0.4) is 0 Å². The third-order valence-electron chi connectivity index (χ3n) is 3.75. The molecule has 0 aliphatic rings. The number of aliphatic hydroxyl groups excluding tert-OH is 1. The van der Waals surface area contributed by atoms with E-state index < -0.39 is 6.10 Å². The normalized spacial score (nSPS) is 14.9. The molecular formula is C18H31NO2. The first-order chi connectivity index (χ1) is 9.97. The summed E-state index contributed by atoms with van der Waals surface area (Å²) >= 11 is 0. The Bertz CT molecular complexity index is 378. The van der Waals surface area contributed by atoms with Gasteiger partial charge < -0.3 is 9.84 Å². The van der Waals surface area contributed by atoms with Crippen molar-refractivity contribution in [3.63, 3.8) is 0 Å². The topological polar surface area (TPSA) is 32.7 Å². The Morgan fingerprint density at radius 2 is 1.71 bits per heavy atom. The highest BCUT2D eigenvalue weighted by Crippen LogP contribution is 2.27. The number of benzene rings is 1. The van der Waals surface area contributed by atoms with Gasteiger partial charge >= 0.3 is 0 Å². The molecule has 0 aromatic heterocycles. The second-order valence-corrected chi connectivity index (χ2v) is 6.47. The van der Waals surface area contributed by atoms with Crippen molar-refractivity contribution in [2.75, 3.05) is 26.8 Å². The van der Waals surface area contributed by atoms with Gasteiger partial charge in [-0.1, -0.05) is 58.0 Å². The van der Waals surface area contributed by atoms with Crippen LogP contribution in [-0.4, -0.2) is 42.9 Å². The minimum Gasteiger partial charge on any atom is -0.387 e. The van der Waals surface area contributed by atoms with E-state index in [1.165, 1.54) is 0 Å². The van der Waals surface area contributed by atoms with E-state index in [1.807, 2.05) is 30.3 Å². The molecule has 0 aliphatic carbocycles. The van der Waals surface area contributed by atoms with Crippen molar-refractivity contribution in [3.05, 3.63) is 35.9 Å². The zero-order chi connectivity index (χ0) is 15.8. The lowest BCUT2D eigenvalue weighted by Crippen LogP contribution is -2.46. The molecule has 0 heterocycles. The van der Waals surface area contributed by atoms with Crippen molar-refractivity contribution in [1.29, 1.82) is 0 Å². The van der Waals surface area contributed by atoms with Gasteiger partial charge in [-0.15, -0.1) is 0 Å². The number of hydrogen-bond donors (Lipinski definition) is 1. The van der Waals surface area contributed by atoms with Crippen LogP contribution in [0.15, 0.2) is 30.3 Å². The summed E-state index contributed by atoms with van der Waals surface area (Å²) in [6, 6.07) is 10.1. The number of rotatable bonds is 9. The van der Waals surface area contributed by atoms with Gasteiger partial charge in [0.05, 0.1) is 12.7 Å². The summed E-state index contributed by atoms with van der Waals surface area (Å²) in [5, 5.41) is 10.9. The molecule has 1 aromatic rings. The van der Waals surface area contributed by atoms with Gasteiger partial charge in [-0.2, -0.15) is 0 Å². The lowest BCUT2D eigenvalue weighted by atomic mass is 9.91. The highest BCUT2D eigenvalue weighted by molar-refractivity contribution is 5.19. The van der Waals surface area contributed by atoms with Crippen LogP contribution in [0.2, 0.25) is 0 Å². The fourth-order valence-electron chi connectivity index (χ4n) is 2.87. The highest BCUT2D eigenvalue weighted by Gasteiger charge is 2.30. The smallest absolute Gasteiger partial charge is 0.0947 e. The standard InChI is InChI=1S/C18H31NO2/c1-14(2)13-19(11-12-21-5)17(15(3)4)18(20)16-9-7-6-8-10-16/h6-10,14-15,17-18,20H,11-13H2,1-5H3. The Kier molecular flexibility index (Phi) is 7.94. The Labute approximate surface area is 129 Å². The van der Waals surface area contributed by atoms with Crippen molar-refractivity contribution in [2.45, 2.75) is 39.8 Å². The molecule has 0 saturated carbocycles. The summed E-state index contributed by atoms with van der Waals surface area (Å²) in [4.78, 5) is 2.37. The molecule has 21 heavy (non-hydrogen) atoms. The SMILES string of the molecule is COCCN(CC(C)C)C(C(C)C)C(O)c1ccccc1. The monoisotopic (exact) mass is 293 g/mol. The van der Waals surface area contributed by atoms with Crippen LogP contribution in [0.5, 0.6) is 0 Å². The summed E-state index contributed by atoms with van der Waals surface area (Å²) in [7, 11) is 1.73. The zero-order valence-electron chi connectivity index (χ0n) is 14.1. The minimum atomic E-state index is -0.471. The van der Waals surface area contributed by atoms with Gasteiger partial charge in [0.25, 0.3) is 0 Å². The van der Waals surface area contributed by atoms with Gasteiger partial charge in [0.2, 0.25) is 0 Å². The van der Waals surface area contributed by atoms with Crippen LogP contribution in [0.1, 0.15) is 39.4 Å². The van der Waals surface area contributed by atoms with Gasteiger partial charge in [0.15, 0.2) is 0 Å². The van der Waals surface area contributed by atoms with Crippen molar-refractivity contribution in [1.82, 2.24) is 4.90 Å². The molecule has 2 unspecified atom stereocenters. The molecule has 1 rings (SSSR count). The van der Waals surface area contributed by atoms with E-state index in [1.54, 1.807) is 7.11 Å². The van der Waals surface area contributed by atoms with Crippen molar-refractivity contribution >= 4 is 0 Å². The maximum Gasteiger partial charge on any atom is 0.0947 e. The van der Waals surface area contributed by atoms with E-state index >= 15 is 0 Å². The van der Waals surface area contributed by atoms with E-state index in [-0.39, 0.29) is 6.04 Å². The molecule has 120 valence electrons. The highest BCUT2D eigenvalue weighted by atomic mass is 16.5. The molecule has 0 aliphatic heterocycles. The van der Waals surface area contributed by atoms with Gasteiger partial charge in [-0.25, -0.2) is 0 Å². The molecule has 3 nitrogen and oxygen atoms in total. The van der Waals surface area contributed by atoms with Crippen molar-refractivity contribution in [3.8, 4) is 0 Å². The summed E-state index contributed by atoms with van der Waals surface area (Å²) < 4.78 is 5.25. The minimum absolute atomic E-state index is 0.102. The zero-order valence-corrected chi connectivity index (χ0v) is 14.1. The number of methoxy groups -OCH3 is 1. The van der Waals surface area contributed by atoms with Gasteiger partial charge in [0.1, 0.15) is 0 Å². The first-order valence-corrected chi connectivity index (χ1v) is 7.93. The molecular weight excluding hydrogens is 262 g/mol. The fraction of sp³-hybridized carbons (Fsp3) is 0.667. The van der Waals surface area contributed by atoms with Gasteiger partial charge in [-0.05, 0) is 17.4 Å². The molecule has 1 aromatic carbocycles. The molecule has 0 saturated heterocycles. The first kappa shape index (κ1) is 18.1. The van der Waals surface area contributed by atoms with E-state index in [9.17, 15) is 5.11 Å². The molecule has 3 heteroatoms. The number of aliphatic hydroxyl groups is 1. The van der Waals surface area contributed by atoms with Gasteiger partial charge in [-0.3, -0.25) is 4.90 Å². The molecule has 0 radical (unpaired) electrons. The van der Waals surface area contributed by atoms with Crippen LogP contribution in [0.4, 0.5) is 0 Å². The predicted molar refractivity (Wildman–Crippen MR) is 88.3 cm³/mol. The second-order valence-electron chi connectivity index (χ2n) is 6.47. The molecule has 1 N–H and O–H groups in total. The van der Waals surface area contributed by atoms with Crippen molar-refractivity contribution < 1.29 is 9.84 Å². The van der Waals surface area contributed by atoms with E-state index in [2.05, 4.69) is 32.6 Å². The Morgan fingerprint density at radius 3 is 2.19 bits per heavy atom. The molecule has 0 fully saturated rings. The molecule has 0 spiro atoms. The van der Waals surface area contributed by atoms with Crippen LogP contribution in [0, 0.1) is 11.8 Å². The maximum atomic E-state index is 10.9. The number of ether oxygens (including phenoxy) is 1. The van der Waals surface area contributed by atoms with Crippen LogP contribution < -0.4 is 0 Å². The lowest BCUT2D eigenvalue weighted by molar-refractivity contribution is 0.00444. The largest absolute Gasteiger partial charge is 0.387 e. The summed E-state index contributed by atoms with van der Waals surface area (Å²) in [5.74, 6) is 0.932. The summed E-state index contributed by atoms with van der Waals surface area (Å²) in [6.45, 7) is 11.3. The molecule has 0 bridgehead atoms. The average Bonchev–Trinajstić information content (AvgIpc) is 2.44. The van der Waals surface area contributed by atoms with Crippen LogP contribution in [0.25, 0.3) is 0 Å². The molecule has 0 amide bonds. The quantitative estimate of drug-likeness (QED) is 0.758. The Hall–Kier alpha value is -0.900. The summed E-state index contributed by atoms with van der Waals surface area (Å²) in [5.41, 5.74) is 0.988. The maximum absolute atomic E-state index is 10.9. The third kappa shape index (κ3) is 5.77. The number of nitrogens with zero attached hydrogens (tertiary/aromatic N) is 1. The fourth-order valence-corrected chi connectivity index (χ4v) is 2.87. The van der Waals surface area contributed by atoms with Crippen LogP contribution in [-0.2, 0) is 4.74 Å². The van der Waals surface area contributed by atoms with Gasteiger partial charge in [0, 0.05) is 26.2 Å². The van der Waals surface area contributed by atoms with E-state index in [0.717, 1.165) is 18.7 Å². The second kappa shape index (κ2) is 9.19. The summed E-state index contributed by atoms with van der Waals surface area (Å²) in [6.07, 6.45) is -0.471. The van der Waals surface area contributed by atoms with Crippen molar-refractivity contribution in [2.24, 2.45) is 11.8 Å². The van der Waals surface area contributed by atoms with E-state index in [0.29, 0.717) is 18.4 Å². The lowest BCUT2D eigenvalue weighted by Gasteiger charge is -2.38. The first-order valence-electron chi connectivity index (χ1n) is 7.93. The predicted octanol–water partition coefficient (Wildman–Crippen LogP) is 3.35. The van der Waals surface area contributed by atoms with Crippen LogP contribution >= 0.6 is 0 Å². The Balaban J connectivity index is 2.94. The third-order valence-corrected chi connectivity index (χ3v) is 3.75. The Morgan fingerprint density at radius 1 is 1.10 bits per heavy atom. The number of hydrogen-bond acceptors (Lipinski definition) is 3. The average molecular weight is 293 g/mol.